The minimum atomic E-state index is -3.87. The molecule has 4 aromatic rings. The Bertz CT molecular complexity index is 1430. The maximum atomic E-state index is 14.3. The van der Waals surface area contributed by atoms with Gasteiger partial charge in [-0.2, -0.15) is 4.31 Å². The van der Waals surface area contributed by atoms with Crippen LogP contribution in [0.4, 0.5) is 9.52 Å². The highest BCUT2D eigenvalue weighted by molar-refractivity contribution is 7.89. The van der Waals surface area contributed by atoms with Crippen molar-refractivity contribution < 1.29 is 22.0 Å². The van der Waals surface area contributed by atoms with Crippen molar-refractivity contribution in [2.24, 2.45) is 0 Å². The van der Waals surface area contributed by atoms with Gasteiger partial charge in [0.25, 0.3) is 0 Å². The fourth-order valence-electron chi connectivity index (χ4n) is 4.12. The van der Waals surface area contributed by atoms with Gasteiger partial charge in [0.1, 0.15) is 23.1 Å². The number of halogens is 1. The van der Waals surface area contributed by atoms with Crippen molar-refractivity contribution in [2.75, 3.05) is 11.4 Å². The summed E-state index contributed by atoms with van der Waals surface area (Å²) in [4.78, 5) is 19.8. The number of thiazole rings is 1. The fourth-order valence-corrected chi connectivity index (χ4v) is 6.75. The molecule has 1 atom stereocenters. The predicted octanol–water partition coefficient (Wildman–Crippen LogP) is 4.72. The summed E-state index contributed by atoms with van der Waals surface area (Å²) in [6.07, 6.45) is 2.45. The summed E-state index contributed by atoms with van der Waals surface area (Å²) in [7, 11) is -3.87. The zero-order valence-electron chi connectivity index (χ0n) is 18.3. The summed E-state index contributed by atoms with van der Waals surface area (Å²) in [6.45, 7) is 2.18. The summed E-state index contributed by atoms with van der Waals surface area (Å²) in [5, 5.41) is 0.293. The topological polar surface area (TPSA) is 83.7 Å². The number of benzene rings is 2. The van der Waals surface area contributed by atoms with Crippen molar-refractivity contribution in [2.45, 2.75) is 37.2 Å². The first-order valence-electron chi connectivity index (χ1n) is 10.8. The lowest BCUT2D eigenvalue weighted by Crippen LogP contribution is -2.47. The highest BCUT2D eigenvalue weighted by Gasteiger charge is 2.42. The number of hydrogen-bond acceptors (Lipinski definition) is 6. The standard InChI is InChI=1S/C24H22FN3O4S2/c1-16-9-11-18(12-10-16)34(30,31)28-13-3-7-20(28)23(29)27(15-17-5-4-14-32-17)24-26-22-19(25)6-2-8-21(22)33-24/h2,4-6,8-12,14,20H,3,7,13,15H2,1H3. The van der Waals surface area contributed by atoms with Gasteiger partial charge in [0.05, 0.1) is 22.4 Å². The van der Waals surface area contributed by atoms with Crippen molar-refractivity contribution in [1.82, 2.24) is 9.29 Å². The number of amides is 1. The normalized spacial score (nSPS) is 16.8. The first-order chi connectivity index (χ1) is 16.3. The molecular formula is C24H22FN3O4S2. The number of hydrogen-bond donors (Lipinski definition) is 0. The van der Waals surface area contributed by atoms with E-state index in [0.29, 0.717) is 28.4 Å². The first-order valence-corrected chi connectivity index (χ1v) is 13.1. The highest BCUT2D eigenvalue weighted by Crippen LogP contribution is 2.34. The molecule has 5 rings (SSSR count). The van der Waals surface area contributed by atoms with E-state index in [2.05, 4.69) is 4.98 Å². The van der Waals surface area contributed by atoms with E-state index in [-0.39, 0.29) is 23.5 Å². The second kappa shape index (κ2) is 8.94. The predicted molar refractivity (Wildman–Crippen MR) is 128 cm³/mol. The van der Waals surface area contributed by atoms with Gasteiger partial charge in [-0.25, -0.2) is 17.8 Å². The lowest BCUT2D eigenvalue weighted by molar-refractivity contribution is -0.121. The van der Waals surface area contributed by atoms with E-state index >= 15 is 0 Å². The molecule has 34 heavy (non-hydrogen) atoms. The monoisotopic (exact) mass is 499 g/mol. The van der Waals surface area contributed by atoms with Crippen LogP contribution in [0.2, 0.25) is 0 Å². The smallest absolute Gasteiger partial charge is 0.247 e. The van der Waals surface area contributed by atoms with Crippen LogP contribution in [0, 0.1) is 12.7 Å². The van der Waals surface area contributed by atoms with Crippen LogP contribution >= 0.6 is 11.3 Å². The molecule has 7 nitrogen and oxygen atoms in total. The third-order valence-electron chi connectivity index (χ3n) is 5.87. The second-order valence-electron chi connectivity index (χ2n) is 8.17. The molecule has 1 fully saturated rings. The van der Waals surface area contributed by atoms with E-state index in [1.807, 2.05) is 6.92 Å². The van der Waals surface area contributed by atoms with Crippen LogP contribution in [-0.4, -0.2) is 36.2 Å². The summed E-state index contributed by atoms with van der Waals surface area (Å²) in [6, 6.07) is 13.8. The SMILES string of the molecule is Cc1ccc(S(=O)(=O)N2CCCC2C(=O)N(Cc2ccco2)c2nc3c(F)cccc3s2)cc1. The van der Waals surface area contributed by atoms with Gasteiger partial charge in [-0.15, -0.1) is 0 Å². The maximum absolute atomic E-state index is 14.3. The molecule has 3 heterocycles. The van der Waals surface area contributed by atoms with Crippen LogP contribution < -0.4 is 4.90 Å². The lowest BCUT2D eigenvalue weighted by atomic mass is 10.2. The molecule has 2 aromatic carbocycles. The number of aromatic nitrogens is 1. The zero-order chi connectivity index (χ0) is 23.9. The molecule has 1 unspecified atom stereocenters. The molecule has 1 saturated heterocycles. The molecule has 0 bridgehead atoms. The number of aryl methyl sites for hydroxylation is 1. The molecule has 0 aliphatic carbocycles. The van der Waals surface area contributed by atoms with Crippen molar-refractivity contribution >= 4 is 42.6 Å². The Hall–Kier alpha value is -3.08. The van der Waals surface area contributed by atoms with E-state index < -0.39 is 27.8 Å². The third kappa shape index (κ3) is 4.13. The number of sulfonamides is 1. The van der Waals surface area contributed by atoms with Gasteiger partial charge in [0.2, 0.25) is 15.9 Å². The zero-order valence-corrected chi connectivity index (χ0v) is 20.0. The van der Waals surface area contributed by atoms with E-state index in [4.69, 9.17) is 4.42 Å². The average Bonchev–Trinajstić information content (AvgIpc) is 3.58. The Morgan fingerprint density at radius 3 is 2.71 bits per heavy atom. The molecule has 1 amide bonds. The van der Waals surface area contributed by atoms with Gasteiger partial charge in [0.15, 0.2) is 5.13 Å². The van der Waals surface area contributed by atoms with Crippen LogP contribution in [0.5, 0.6) is 0 Å². The molecule has 0 radical (unpaired) electrons. The van der Waals surface area contributed by atoms with Gasteiger partial charge in [-0.3, -0.25) is 9.69 Å². The quantitative estimate of drug-likeness (QED) is 0.383. The Labute approximate surface area is 200 Å². The summed E-state index contributed by atoms with van der Waals surface area (Å²) in [5.74, 6) is -0.377. The van der Waals surface area contributed by atoms with Crippen molar-refractivity contribution in [3.63, 3.8) is 0 Å². The summed E-state index contributed by atoms with van der Waals surface area (Å²) >= 11 is 1.18. The van der Waals surface area contributed by atoms with Gasteiger partial charge in [-0.05, 0) is 56.2 Å². The molecule has 1 aliphatic rings. The highest BCUT2D eigenvalue weighted by atomic mass is 32.2. The first kappa shape index (κ1) is 22.7. The van der Waals surface area contributed by atoms with Gasteiger partial charge < -0.3 is 4.42 Å². The minimum Gasteiger partial charge on any atom is -0.467 e. The van der Waals surface area contributed by atoms with E-state index in [1.165, 1.54) is 32.9 Å². The largest absolute Gasteiger partial charge is 0.467 e. The average molecular weight is 500 g/mol. The van der Waals surface area contributed by atoms with Crippen LogP contribution in [-0.2, 0) is 21.4 Å². The second-order valence-corrected chi connectivity index (χ2v) is 11.1. The Morgan fingerprint density at radius 2 is 2.00 bits per heavy atom. The number of anilines is 1. The number of carbonyl (C=O) groups excluding carboxylic acids is 1. The molecule has 1 aliphatic heterocycles. The lowest BCUT2D eigenvalue weighted by Gasteiger charge is -2.28. The van der Waals surface area contributed by atoms with Crippen molar-refractivity contribution in [1.29, 1.82) is 0 Å². The van der Waals surface area contributed by atoms with Crippen LogP contribution in [0.1, 0.15) is 24.2 Å². The van der Waals surface area contributed by atoms with Gasteiger partial charge in [-0.1, -0.05) is 35.1 Å². The van der Waals surface area contributed by atoms with Gasteiger partial charge in [0, 0.05) is 6.54 Å². The number of nitrogens with zero attached hydrogens (tertiary/aromatic N) is 3. The Morgan fingerprint density at radius 1 is 1.21 bits per heavy atom. The molecular weight excluding hydrogens is 477 g/mol. The summed E-state index contributed by atoms with van der Waals surface area (Å²) < 4.78 is 48.4. The van der Waals surface area contributed by atoms with E-state index in [0.717, 1.165) is 5.56 Å². The minimum absolute atomic E-state index is 0.0577. The molecule has 0 spiro atoms. The van der Waals surface area contributed by atoms with Crippen molar-refractivity contribution in [3.8, 4) is 0 Å². The number of para-hydroxylation sites is 1. The molecule has 0 N–H and O–H groups in total. The Kier molecular flexibility index (Phi) is 5.97. The molecule has 176 valence electrons. The molecule has 10 heteroatoms. The van der Waals surface area contributed by atoms with E-state index in [1.54, 1.807) is 48.5 Å². The summed E-state index contributed by atoms with van der Waals surface area (Å²) in [5.41, 5.74) is 1.12. The Balaban J connectivity index is 1.52. The number of fused-ring (bicyclic) bond motifs is 1. The van der Waals surface area contributed by atoms with Gasteiger partial charge >= 0.3 is 0 Å². The van der Waals surface area contributed by atoms with Crippen molar-refractivity contribution in [3.05, 3.63) is 78.0 Å². The fraction of sp³-hybridized carbons (Fsp3) is 0.250. The maximum Gasteiger partial charge on any atom is 0.247 e. The van der Waals surface area contributed by atoms with E-state index in [9.17, 15) is 17.6 Å². The van der Waals surface area contributed by atoms with Crippen LogP contribution in [0.25, 0.3) is 10.2 Å². The molecule has 2 aromatic heterocycles. The van der Waals surface area contributed by atoms with Crippen LogP contribution in [0.3, 0.4) is 0 Å². The molecule has 0 saturated carbocycles. The number of rotatable bonds is 6. The van der Waals surface area contributed by atoms with Crippen LogP contribution in [0.15, 0.2) is 70.2 Å². The number of carbonyl (C=O) groups is 1. The third-order valence-corrected chi connectivity index (χ3v) is 8.83. The number of furan rings is 1.